The largest absolute Gasteiger partial charge is 0.358 e. The van der Waals surface area contributed by atoms with Crippen molar-refractivity contribution in [3.8, 4) is 0 Å². The fourth-order valence-corrected chi connectivity index (χ4v) is 1.86. The molecule has 86 valence electrons. The first-order valence-corrected chi connectivity index (χ1v) is 5.65. The van der Waals surface area contributed by atoms with Crippen LogP contribution in [0.5, 0.6) is 0 Å². The summed E-state index contributed by atoms with van der Waals surface area (Å²) in [5.41, 5.74) is 7.85. The van der Waals surface area contributed by atoms with E-state index in [1.807, 2.05) is 24.4 Å². The van der Waals surface area contributed by atoms with Gasteiger partial charge in [-0.3, -0.25) is 0 Å². The van der Waals surface area contributed by atoms with Gasteiger partial charge < -0.3 is 15.0 Å². The van der Waals surface area contributed by atoms with Crippen molar-refractivity contribution in [2.24, 2.45) is 5.73 Å². The molecule has 0 spiro atoms. The van der Waals surface area contributed by atoms with Crippen LogP contribution in [0.1, 0.15) is 12.6 Å². The first-order valence-electron chi connectivity index (χ1n) is 5.65. The summed E-state index contributed by atoms with van der Waals surface area (Å²) in [6.45, 7) is 3.71. The molecule has 0 aromatic carbocycles. The highest BCUT2D eigenvalue weighted by atomic mass is 15.2. The average Bonchev–Trinajstić information content (AvgIpc) is 2.68. The lowest BCUT2D eigenvalue weighted by molar-refractivity contribution is 0.874. The standard InChI is InChI=1S/C12H18N4/c1-3-15(2)12-10(7-8-13)16-9-5-4-6-11(16)14-12/h4-6,9H,3,7-8,13H2,1-2H3. The molecular formula is C12H18N4. The number of anilines is 1. The molecule has 0 fully saturated rings. The van der Waals surface area contributed by atoms with Gasteiger partial charge in [-0.1, -0.05) is 6.07 Å². The van der Waals surface area contributed by atoms with Gasteiger partial charge in [-0.25, -0.2) is 4.98 Å². The summed E-state index contributed by atoms with van der Waals surface area (Å²) < 4.78 is 2.12. The van der Waals surface area contributed by atoms with E-state index in [-0.39, 0.29) is 0 Å². The molecule has 2 N–H and O–H groups in total. The molecule has 4 nitrogen and oxygen atoms in total. The van der Waals surface area contributed by atoms with Crippen LogP contribution in [0.4, 0.5) is 5.82 Å². The van der Waals surface area contributed by atoms with Crippen LogP contribution in [0.15, 0.2) is 24.4 Å². The third kappa shape index (κ3) is 1.76. The second-order valence-corrected chi connectivity index (χ2v) is 3.86. The predicted octanol–water partition coefficient (Wildman–Crippen LogP) is 1.29. The van der Waals surface area contributed by atoms with Gasteiger partial charge in [-0.05, 0) is 25.6 Å². The Bertz CT molecular complexity index is 475. The molecule has 0 amide bonds. The lowest BCUT2D eigenvalue weighted by Crippen LogP contribution is -2.19. The van der Waals surface area contributed by atoms with Crippen LogP contribution in [0.25, 0.3) is 5.65 Å². The zero-order valence-corrected chi connectivity index (χ0v) is 9.85. The minimum Gasteiger partial charge on any atom is -0.358 e. The number of hydrogen-bond donors (Lipinski definition) is 1. The molecule has 0 atom stereocenters. The molecule has 0 saturated carbocycles. The fourth-order valence-electron chi connectivity index (χ4n) is 1.86. The van der Waals surface area contributed by atoms with Crippen LogP contribution < -0.4 is 10.6 Å². The molecule has 0 bridgehead atoms. The minimum absolute atomic E-state index is 0.646. The summed E-state index contributed by atoms with van der Waals surface area (Å²) in [5.74, 6) is 1.04. The van der Waals surface area contributed by atoms with Crippen molar-refractivity contribution < 1.29 is 0 Å². The molecule has 0 aliphatic heterocycles. The van der Waals surface area contributed by atoms with Crippen LogP contribution in [-0.2, 0) is 6.42 Å². The summed E-state index contributed by atoms with van der Waals surface area (Å²) >= 11 is 0. The maximum absolute atomic E-state index is 5.66. The number of nitrogens with zero attached hydrogens (tertiary/aromatic N) is 3. The van der Waals surface area contributed by atoms with Gasteiger partial charge >= 0.3 is 0 Å². The van der Waals surface area contributed by atoms with Gasteiger partial charge in [0.2, 0.25) is 0 Å². The van der Waals surface area contributed by atoms with Crippen LogP contribution in [0.3, 0.4) is 0 Å². The monoisotopic (exact) mass is 218 g/mol. The van der Waals surface area contributed by atoms with E-state index in [0.717, 1.165) is 24.4 Å². The molecule has 16 heavy (non-hydrogen) atoms. The molecular weight excluding hydrogens is 200 g/mol. The molecule has 2 heterocycles. The van der Waals surface area contributed by atoms with E-state index in [1.54, 1.807) is 0 Å². The normalized spacial score (nSPS) is 10.9. The average molecular weight is 218 g/mol. The zero-order chi connectivity index (χ0) is 11.5. The van der Waals surface area contributed by atoms with Gasteiger partial charge in [-0.15, -0.1) is 0 Å². The first-order chi connectivity index (χ1) is 7.77. The Morgan fingerprint density at radius 3 is 2.94 bits per heavy atom. The number of fused-ring (bicyclic) bond motifs is 1. The van der Waals surface area contributed by atoms with Crippen molar-refractivity contribution in [1.29, 1.82) is 0 Å². The van der Waals surface area contributed by atoms with E-state index >= 15 is 0 Å². The van der Waals surface area contributed by atoms with E-state index in [1.165, 1.54) is 5.69 Å². The van der Waals surface area contributed by atoms with E-state index in [0.29, 0.717) is 6.54 Å². The highest BCUT2D eigenvalue weighted by Gasteiger charge is 2.13. The smallest absolute Gasteiger partial charge is 0.150 e. The molecule has 4 heteroatoms. The molecule has 0 aliphatic rings. The highest BCUT2D eigenvalue weighted by molar-refractivity contribution is 5.55. The summed E-state index contributed by atoms with van der Waals surface area (Å²) in [4.78, 5) is 6.79. The topological polar surface area (TPSA) is 46.6 Å². The Balaban J connectivity index is 2.58. The van der Waals surface area contributed by atoms with Crippen LogP contribution in [-0.4, -0.2) is 29.5 Å². The number of hydrogen-bond acceptors (Lipinski definition) is 3. The minimum atomic E-state index is 0.646. The first kappa shape index (κ1) is 11.0. The Labute approximate surface area is 95.7 Å². The Hall–Kier alpha value is -1.55. The van der Waals surface area contributed by atoms with Gasteiger partial charge in [0.05, 0.1) is 5.69 Å². The Morgan fingerprint density at radius 2 is 2.25 bits per heavy atom. The third-order valence-electron chi connectivity index (χ3n) is 2.82. The van der Waals surface area contributed by atoms with Crippen LogP contribution in [0.2, 0.25) is 0 Å². The summed E-state index contributed by atoms with van der Waals surface area (Å²) in [6, 6.07) is 6.04. The van der Waals surface area contributed by atoms with E-state index in [4.69, 9.17) is 5.73 Å². The summed E-state index contributed by atoms with van der Waals surface area (Å²) in [6.07, 6.45) is 2.89. The van der Waals surface area contributed by atoms with Crippen molar-refractivity contribution in [2.75, 3.05) is 25.0 Å². The Kier molecular flexibility index (Phi) is 3.10. The van der Waals surface area contributed by atoms with Gasteiger partial charge in [0.15, 0.2) is 5.82 Å². The molecule has 0 aliphatic carbocycles. The number of nitrogens with two attached hydrogens (primary N) is 1. The SMILES string of the molecule is CCN(C)c1nc2ccccn2c1CCN. The van der Waals surface area contributed by atoms with Gasteiger partial charge in [0.25, 0.3) is 0 Å². The van der Waals surface area contributed by atoms with E-state index in [2.05, 4.69) is 28.3 Å². The zero-order valence-electron chi connectivity index (χ0n) is 9.85. The Morgan fingerprint density at radius 1 is 1.44 bits per heavy atom. The summed E-state index contributed by atoms with van der Waals surface area (Å²) in [5, 5.41) is 0. The second kappa shape index (κ2) is 4.53. The van der Waals surface area contributed by atoms with Gasteiger partial charge in [-0.2, -0.15) is 0 Å². The lowest BCUT2D eigenvalue weighted by atomic mass is 10.3. The van der Waals surface area contributed by atoms with Crippen molar-refractivity contribution in [1.82, 2.24) is 9.38 Å². The fraction of sp³-hybridized carbons (Fsp3) is 0.417. The molecule has 0 radical (unpaired) electrons. The third-order valence-corrected chi connectivity index (χ3v) is 2.82. The molecule has 0 unspecified atom stereocenters. The van der Waals surface area contributed by atoms with Crippen molar-refractivity contribution in [3.05, 3.63) is 30.1 Å². The van der Waals surface area contributed by atoms with Gasteiger partial charge in [0.1, 0.15) is 5.65 Å². The number of imidazole rings is 1. The second-order valence-electron chi connectivity index (χ2n) is 3.86. The summed E-state index contributed by atoms with van der Waals surface area (Å²) in [7, 11) is 2.06. The van der Waals surface area contributed by atoms with Crippen LogP contribution >= 0.6 is 0 Å². The van der Waals surface area contributed by atoms with E-state index < -0.39 is 0 Å². The van der Waals surface area contributed by atoms with Crippen molar-refractivity contribution in [3.63, 3.8) is 0 Å². The number of pyridine rings is 1. The maximum Gasteiger partial charge on any atom is 0.150 e. The van der Waals surface area contributed by atoms with Crippen LogP contribution in [0, 0.1) is 0 Å². The van der Waals surface area contributed by atoms with Crippen molar-refractivity contribution >= 4 is 11.5 Å². The molecule has 2 aromatic rings. The lowest BCUT2D eigenvalue weighted by Gasteiger charge is -2.15. The highest BCUT2D eigenvalue weighted by Crippen LogP contribution is 2.20. The maximum atomic E-state index is 5.66. The predicted molar refractivity (Wildman–Crippen MR) is 66.9 cm³/mol. The molecule has 2 rings (SSSR count). The molecule has 2 aromatic heterocycles. The molecule has 0 saturated heterocycles. The number of aromatic nitrogens is 2. The van der Waals surface area contributed by atoms with Gasteiger partial charge in [0, 0.05) is 26.2 Å². The quantitative estimate of drug-likeness (QED) is 0.841. The van der Waals surface area contributed by atoms with E-state index in [9.17, 15) is 0 Å². The van der Waals surface area contributed by atoms with Crippen molar-refractivity contribution in [2.45, 2.75) is 13.3 Å². The number of rotatable bonds is 4.